The first-order valence-corrected chi connectivity index (χ1v) is 30.9. The monoisotopic (exact) mass is 1060 g/mol. The van der Waals surface area contributed by atoms with Gasteiger partial charge in [-0.25, -0.2) is 4.79 Å². The number of allylic oxidation sites excluding steroid dienone is 16. The number of nitrogens with zero attached hydrogens (tertiary/aromatic N) is 1. The molecule has 0 aliphatic heterocycles. The zero-order valence-electron chi connectivity index (χ0n) is 49.6. The quantitative estimate of drug-likeness (QED) is 0.0211. The van der Waals surface area contributed by atoms with Crippen LogP contribution in [0.5, 0.6) is 0 Å². The number of carbonyl (C=O) groups is 3. The molecule has 2 unspecified atom stereocenters. The Bertz CT molecular complexity index is 1570. The van der Waals surface area contributed by atoms with Gasteiger partial charge in [0, 0.05) is 12.8 Å². The number of aliphatic carboxylic acids is 1. The molecule has 436 valence electrons. The fraction of sp³-hybridized carbons (Fsp3) is 0.716. The highest BCUT2D eigenvalue weighted by Crippen LogP contribution is 2.16. The third-order valence-corrected chi connectivity index (χ3v) is 13.1. The molecule has 0 rings (SSSR count). The molecule has 0 heterocycles. The van der Waals surface area contributed by atoms with Gasteiger partial charge in [-0.2, -0.15) is 0 Å². The minimum absolute atomic E-state index is 0.181. The Morgan fingerprint density at radius 2 is 0.750 bits per heavy atom. The van der Waals surface area contributed by atoms with Crippen LogP contribution >= 0.6 is 0 Å². The first-order chi connectivity index (χ1) is 37.1. The first-order valence-electron chi connectivity index (χ1n) is 30.9. The lowest BCUT2D eigenvalue weighted by atomic mass is 10.0. The van der Waals surface area contributed by atoms with E-state index in [1.54, 1.807) is 0 Å². The smallest absolute Gasteiger partial charge is 0.361 e. The van der Waals surface area contributed by atoms with Crippen molar-refractivity contribution in [2.24, 2.45) is 0 Å². The SMILES string of the molecule is CC/C=C\C/C=C\C/C=C\C/C=C\C/C=C\C/C=C\C/C=C\C/C=C\CCCCCCCCCCCCCCCCCCC(=O)OC(COC(=O)CCCCCCCCCCCC)COC(OCC[N+](C)(C)C)C(=O)O. The summed E-state index contributed by atoms with van der Waals surface area (Å²) < 4.78 is 22.8. The van der Waals surface area contributed by atoms with E-state index < -0.39 is 24.3 Å². The average molecular weight is 1060 g/mol. The highest BCUT2D eigenvalue weighted by Gasteiger charge is 2.25. The molecule has 0 fully saturated rings. The molecular weight excluding hydrogens is 947 g/mol. The molecule has 2 atom stereocenters. The van der Waals surface area contributed by atoms with E-state index in [0.29, 0.717) is 17.4 Å². The molecule has 9 nitrogen and oxygen atoms in total. The van der Waals surface area contributed by atoms with E-state index >= 15 is 0 Å². The number of carboxylic acids is 1. The Balaban J connectivity index is 3.98. The summed E-state index contributed by atoms with van der Waals surface area (Å²) in [6.07, 6.45) is 75.2. The van der Waals surface area contributed by atoms with Gasteiger partial charge in [-0.05, 0) is 77.0 Å². The zero-order chi connectivity index (χ0) is 55.5. The zero-order valence-corrected chi connectivity index (χ0v) is 49.6. The van der Waals surface area contributed by atoms with Crippen molar-refractivity contribution >= 4 is 17.9 Å². The largest absolute Gasteiger partial charge is 0.477 e. The van der Waals surface area contributed by atoms with Crippen molar-refractivity contribution in [1.82, 2.24) is 0 Å². The van der Waals surface area contributed by atoms with Gasteiger partial charge in [-0.15, -0.1) is 0 Å². The van der Waals surface area contributed by atoms with Crippen LogP contribution in [0.1, 0.15) is 251 Å². The number of rotatable bonds is 56. The van der Waals surface area contributed by atoms with Gasteiger partial charge in [0.1, 0.15) is 13.2 Å². The Hall–Kier alpha value is -3.79. The van der Waals surface area contributed by atoms with Crippen molar-refractivity contribution in [2.45, 2.75) is 264 Å². The van der Waals surface area contributed by atoms with Gasteiger partial charge in [-0.3, -0.25) is 9.59 Å². The van der Waals surface area contributed by atoms with Crippen molar-refractivity contribution in [3.63, 3.8) is 0 Å². The van der Waals surface area contributed by atoms with Crippen LogP contribution in [0.15, 0.2) is 97.2 Å². The number of carbonyl (C=O) groups excluding carboxylic acids is 2. The maximum absolute atomic E-state index is 12.8. The molecule has 0 spiro atoms. The fourth-order valence-electron chi connectivity index (χ4n) is 8.38. The van der Waals surface area contributed by atoms with Gasteiger partial charge in [0.2, 0.25) is 0 Å². The van der Waals surface area contributed by atoms with E-state index in [1.807, 2.05) is 21.1 Å². The number of hydrogen-bond acceptors (Lipinski definition) is 7. The molecule has 0 aliphatic carbocycles. The van der Waals surface area contributed by atoms with Crippen LogP contribution in [0.4, 0.5) is 0 Å². The maximum Gasteiger partial charge on any atom is 0.361 e. The van der Waals surface area contributed by atoms with Crippen molar-refractivity contribution in [3.05, 3.63) is 97.2 Å². The fourth-order valence-corrected chi connectivity index (χ4v) is 8.38. The molecule has 9 heteroatoms. The van der Waals surface area contributed by atoms with Crippen LogP contribution in [-0.4, -0.2) is 87.4 Å². The van der Waals surface area contributed by atoms with Crippen LogP contribution in [0.25, 0.3) is 0 Å². The standard InChI is InChI=1S/C67H115NO8/c1-6-8-10-12-14-16-18-19-20-21-22-23-24-25-26-27-28-29-30-31-32-33-34-35-36-37-38-39-40-41-42-43-44-45-46-47-48-50-52-54-56-58-65(70)76-63(62-75-67(66(71)72)73-60-59-68(3,4)5)61-74-64(69)57-55-53-51-49-17-15-13-11-9-7-2/h8,10,14,16,19-20,22-23,25-26,28-29,31-32,34-35,63,67H,6-7,9,11-13,15,17-18,21,24,27,30,33,36-62H2,1-5H3/p+1/b10-8-,16-14-,20-19-,23-22-,26-25-,29-28-,32-31-,35-34-. The third kappa shape index (κ3) is 57.9. The van der Waals surface area contributed by atoms with Gasteiger partial charge >= 0.3 is 17.9 Å². The minimum Gasteiger partial charge on any atom is -0.477 e. The van der Waals surface area contributed by atoms with Crippen LogP contribution in [0.2, 0.25) is 0 Å². The lowest BCUT2D eigenvalue weighted by molar-refractivity contribution is -0.870. The number of hydrogen-bond donors (Lipinski definition) is 1. The van der Waals surface area contributed by atoms with Gasteiger partial charge in [-0.1, -0.05) is 259 Å². The molecule has 1 N–H and O–H groups in total. The summed E-state index contributed by atoms with van der Waals surface area (Å²) in [6.45, 7) is 4.75. The van der Waals surface area contributed by atoms with Crippen LogP contribution in [0.3, 0.4) is 0 Å². The van der Waals surface area contributed by atoms with Crippen LogP contribution in [0, 0.1) is 0 Å². The summed E-state index contributed by atoms with van der Waals surface area (Å²) in [5, 5.41) is 9.68. The summed E-state index contributed by atoms with van der Waals surface area (Å²) >= 11 is 0. The predicted octanol–water partition coefficient (Wildman–Crippen LogP) is 18.5. The second kappa shape index (κ2) is 57.4. The molecule has 0 aromatic carbocycles. The van der Waals surface area contributed by atoms with Gasteiger partial charge < -0.3 is 28.5 Å². The molecule has 0 saturated carbocycles. The Morgan fingerprint density at radius 1 is 0.408 bits per heavy atom. The predicted molar refractivity (Wildman–Crippen MR) is 322 cm³/mol. The summed E-state index contributed by atoms with van der Waals surface area (Å²) in [5.41, 5.74) is 0. The molecular formula is C67H116NO8+. The molecule has 76 heavy (non-hydrogen) atoms. The number of quaternary nitrogens is 1. The second-order valence-corrected chi connectivity index (χ2v) is 21.6. The maximum atomic E-state index is 12.8. The number of esters is 2. The summed E-state index contributed by atoms with van der Waals surface area (Å²) in [7, 11) is 5.96. The highest BCUT2D eigenvalue weighted by atomic mass is 16.7. The Morgan fingerprint density at radius 3 is 1.12 bits per heavy atom. The summed E-state index contributed by atoms with van der Waals surface area (Å²) in [6, 6.07) is 0. The molecule has 0 amide bonds. The molecule has 0 bridgehead atoms. The number of likely N-dealkylation sites (N-methyl/N-ethyl adjacent to an activating group) is 1. The van der Waals surface area contributed by atoms with E-state index in [9.17, 15) is 19.5 Å². The van der Waals surface area contributed by atoms with Crippen LogP contribution in [-0.2, 0) is 33.3 Å². The van der Waals surface area contributed by atoms with Crippen molar-refractivity contribution in [2.75, 3.05) is 47.5 Å². The van der Waals surface area contributed by atoms with Crippen molar-refractivity contribution in [3.8, 4) is 0 Å². The average Bonchev–Trinajstić information content (AvgIpc) is 3.39. The number of ether oxygens (including phenoxy) is 4. The lowest BCUT2D eigenvalue weighted by Gasteiger charge is -2.25. The topological polar surface area (TPSA) is 108 Å². The first kappa shape index (κ1) is 72.2. The van der Waals surface area contributed by atoms with Gasteiger partial charge in [0.05, 0.1) is 34.4 Å². The van der Waals surface area contributed by atoms with Gasteiger partial charge in [0.15, 0.2) is 6.10 Å². The van der Waals surface area contributed by atoms with E-state index in [4.69, 9.17) is 18.9 Å². The second-order valence-electron chi connectivity index (χ2n) is 21.6. The van der Waals surface area contributed by atoms with E-state index in [1.165, 1.54) is 135 Å². The number of carboxylic acid groups (broad SMARTS) is 1. The van der Waals surface area contributed by atoms with E-state index in [2.05, 4.69) is 111 Å². The highest BCUT2D eigenvalue weighted by molar-refractivity contribution is 5.71. The molecule has 0 radical (unpaired) electrons. The van der Waals surface area contributed by atoms with Crippen molar-refractivity contribution in [1.29, 1.82) is 0 Å². The summed E-state index contributed by atoms with van der Waals surface area (Å²) in [4.78, 5) is 37.3. The van der Waals surface area contributed by atoms with Crippen LogP contribution < -0.4 is 0 Å². The lowest BCUT2D eigenvalue weighted by Crippen LogP contribution is -2.40. The molecule has 0 aliphatic rings. The summed E-state index contributed by atoms with van der Waals surface area (Å²) in [5.74, 6) is -2.00. The minimum atomic E-state index is -1.51. The Kier molecular flexibility index (Phi) is 54.5. The molecule has 0 aromatic heterocycles. The number of unbranched alkanes of at least 4 members (excludes halogenated alkanes) is 25. The molecule has 0 aromatic rings. The van der Waals surface area contributed by atoms with E-state index in [-0.39, 0.29) is 32.2 Å². The van der Waals surface area contributed by atoms with E-state index in [0.717, 1.165) is 89.9 Å². The third-order valence-electron chi connectivity index (χ3n) is 13.1. The van der Waals surface area contributed by atoms with Crippen molar-refractivity contribution < 1.29 is 42.9 Å². The van der Waals surface area contributed by atoms with Gasteiger partial charge in [0.25, 0.3) is 6.29 Å². The molecule has 0 saturated heterocycles. The Labute approximate surface area is 467 Å². The normalized spacial score (nSPS) is 13.4.